The lowest BCUT2D eigenvalue weighted by atomic mass is 10.1. The van der Waals surface area contributed by atoms with Crippen LogP contribution in [0.4, 0.5) is 0 Å². The summed E-state index contributed by atoms with van der Waals surface area (Å²) in [5.74, 6) is 1.38. The lowest BCUT2D eigenvalue weighted by Gasteiger charge is -2.04. The topological polar surface area (TPSA) is 70.9 Å². The number of imidazole rings is 1. The molecule has 118 valence electrons. The fourth-order valence-corrected chi connectivity index (χ4v) is 2.55. The van der Waals surface area contributed by atoms with Crippen molar-refractivity contribution < 1.29 is 9.21 Å². The number of aromatic amines is 1. The van der Waals surface area contributed by atoms with Crippen LogP contribution < -0.4 is 5.32 Å². The molecule has 0 saturated carbocycles. The van der Waals surface area contributed by atoms with E-state index in [2.05, 4.69) is 15.3 Å². The van der Waals surface area contributed by atoms with Gasteiger partial charge in [0.1, 0.15) is 11.6 Å². The zero-order chi connectivity index (χ0) is 16.4. The third-order valence-electron chi connectivity index (χ3n) is 3.81. The number of amides is 1. The summed E-state index contributed by atoms with van der Waals surface area (Å²) < 4.78 is 5.20. The second-order valence-electron chi connectivity index (χ2n) is 5.44. The van der Waals surface area contributed by atoms with Crippen LogP contribution in [0.2, 0.25) is 0 Å². The number of carbonyl (C=O) groups excluding carboxylic acids is 1. The van der Waals surface area contributed by atoms with E-state index in [1.165, 1.54) is 0 Å². The Hall–Kier alpha value is -3.34. The minimum atomic E-state index is -0.137. The van der Waals surface area contributed by atoms with Gasteiger partial charge in [-0.2, -0.15) is 0 Å². The molecule has 2 aromatic carbocycles. The average Bonchev–Trinajstić information content (AvgIpc) is 3.29. The lowest BCUT2D eigenvalue weighted by molar-refractivity contribution is 0.0948. The molecular weight excluding hydrogens is 302 g/mol. The molecule has 0 spiro atoms. The van der Waals surface area contributed by atoms with E-state index < -0.39 is 0 Å². The molecule has 24 heavy (non-hydrogen) atoms. The molecule has 0 atom stereocenters. The summed E-state index contributed by atoms with van der Waals surface area (Å²) in [5.41, 5.74) is 3.45. The second-order valence-corrected chi connectivity index (χ2v) is 5.44. The maximum Gasteiger partial charge on any atom is 0.251 e. The molecule has 2 aromatic heterocycles. The van der Waals surface area contributed by atoms with Crippen molar-refractivity contribution in [3.63, 3.8) is 0 Å². The number of aromatic nitrogens is 2. The highest BCUT2D eigenvalue weighted by atomic mass is 16.3. The third kappa shape index (κ3) is 2.79. The van der Waals surface area contributed by atoms with Crippen molar-refractivity contribution in [3.8, 4) is 11.4 Å². The van der Waals surface area contributed by atoms with Crippen LogP contribution in [0.3, 0.4) is 0 Å². The number of hydrogen-bond donors (Lipinski definition) is 2. The quantitative estimate of drug-likeness (QED) is 0.602. The van der Waals surface area contributed by atoms with Crippen LogP contribution in [0.5, 0.6) is 0 Å². The molecule has 1 amide bonds. The van der Waals surface area contributed by atoms with Gasteiger partial charge in [-0.25, -0.2) is 4.98 Å². The Labute approximate surface area is 138 Å². The first kappa shape index (κ1) is 14.3. The summed E-state index contributed by atoms with van der Waals surface area (Å²) in [6.45, 7) is 0.372. The maximum absolute atomic E-state index is 12.2. The zero-order valence-corrected chi connectivity index (χ0v) is 12.8. The molecule has 4 aromatic rings. The van der Waals surface area contributed by atoms with Crippen LogP contribution in [-0.2, 0) is 6.54 Å². The van der Waals surface area contributed by atoms with Crippen LogP contribution in [0.25, 0.3) is 22.4 Å². The molecule has 0 aliphatic carbocycles. The molecule has 0 radical (unpaired) electrons. The van der Waals surface area contributed by atoms with Gasteiger partial charge < -0.3 is 14.7 Å². The van der Waals surface area contributed by atoms with Gasteiger partial charge >= 0.3 is 0 Å². The van der Waals surface area contributed by atoms with Crippen molar-refractivity contribution in [2.75, 3.05) is 0 Å². The van der Waals surface area contributed by atoms with Gasteiger partial charge in [-0.3, -0.25) is 4.79 Å². The molecule has 0 bridgehead atoms. The van der Waals surface area contributed by atoms with Crippen molar-refractivity contribution in [1.29, 1.82) is 0 Å². The fraction of sp³-hybridized carbons (Fsp3) is 0.0526. The predicted octanol–water partition coefficient (Wildman–Crippen LogP) is 3.75. The van der Waals surface area contributed by atoms with Crippen LogP contribution in [0.15, 0.2) is 71.3 Å². The monoisotopic (exact) mass is 317 g/mol. The number of hydrogen-bond acceptors (Lipinski definition) is 3. The Morgan fingerprint density at radius 3 is 2.62 bits per heavy atom. The summed E-state index contributed by atoms with van der Waals surface area (Å²) in [6.07, 6.45) is 1.59. The Morgan fingerprint density at radius 2 is 1.88 bits per heavy atom. The standard InChI is InChI=1S/C19H15N3O2/c23-19(20-12-15-4-3-11-24-15)14-9-7-13(8-10-14)18-21-16-5-1-2-6-17(16)22-18/h1-11H,12H2,(H,20,23)(H,21,22). The Kier molecular flexibility index (Phi) is 3.59. The first-order valence-corrected chi connectivity index (χ1v) is 7.65. The van der Waals surface area contributed by atoms with E-state index in [1.54, 1.807) is 24.5 Å². The first-order valence-electron chi connectivity index (χ1n) is 7.65. The third-order valence-corrected chi connectivity index (χ3v) is 3.81. The van der Waals surface area contributed by atoms with Crippen LogP contribution in [-0.4, -0.2) is 15.9 Å². The fourth-order valence-electron chi connectivity index (χ4n) is 2.55. The molecule has 2 N–H and O–H groups in total. The number of nitrogens with zero attached hydrogens (tertiary/aromatic N) is 1. The minimum absolute atomic E-state index is 0.137. The molecule has 0 fully saturated rings. The number of furan rings is 1. The Morgan fingerprint density at radius 1 is 1.04 bits per heavy atom. The summed E-state index contributed by atoms with van der Waals surface area (Å²) >= 11 is 0. The molecular formula is C19H15N3O2. The van der Waals surface area contributed by atoms with Gasteiger partial charge in [-0.1, -0.05) is 24.3 Å². The zero-order valence-electron chi connectivity index (χ0n) is 12.8. The van der Waals surface area contributed by atoms with Gasteiger partial charge in [-0.05, 0) is 36.4 Å². The van der Waals surface area contributed by atoms with Crippen LogP contribution >= 0.6 is 0 Å². The van der Waals surface area contributed by atoms with Crippen LogP contribution in [0, 0.1) is 0 Å². The van der Waals surface area contributed by atoms with Crippen molar-refractivity contribution in [1.82, 2.24) is 15.3 Å². The highest BCUT2D eigenvalue weighted by Crippen LogP contribution is 2.20. The van der Waals surface area contributed by atoms with Gasteiger partial charge in [0.05, 0.1) is 23.8 Å². The SMILES string of the molecule is O=C(NCc1ccco1)c1ccc(-c2nc3ccccc3[nH]2)cc1. The molecule has 4 rings (SSSR count). The minimum Gasteiger partial charge on any atom is -0.467 e. The van der Waals surface area contributed by atoms with Crippen LogP contribution in [0.1, 0.15) is 16.1 Å². The van der Waals surface area contributed by atoms with E-state index in [-0.39, 0.29) is 5.91 Å². The van der Waals surface area contributed by atoms with Gasteiger partial charge in [0.2, 0.25) is 0 Å². The van der Waals surface area contributed by atoms with E-state index in [0.717, 1.165) is 28.2 Å². The average molecular weight is 317 g/mol. The molecule has 5 nitrogen and oxygen atoms in total. The lowest BCUT2D eigenvalue weighted by Crippen LogP contribution is -2.22. The number of benzene rings is 2. The van der Waals surface area contributed by atoms with E-state index in [0.29, 0.717) is 12.1 Å². The Bertz CT molecular complexity index is 936. The van der Waals surface area contributed by atoms with Gasteiger partial charge in [-0.15, -0.1) is 0 Å². The number of rotatable bonds is 4. The van der Waals surface area contributed by atoms with E-state index in [1.807, 2.05) is 42.5 Å². The summed E-state index contributed by atoms with van der Waals surface area (Å²) in [4.78, 5) is 20.0. The predicted molar refractivity (Wildman–Crippen MR) is 91.4 cm³/mol. The Balaban J connectivity index is 1.50. The van der Waals surface area contributed by atoms with Gasteiger partial charge in [0.25, 0.3) is 5.91 Å². The van der Waals surface area contributed by atoms with Crippen molar-refractivity contribution in [3.05, 3.63) is 78.3 Å². The molecule has 0 saturated heterocycles. The number of fused-ring (bicyclic) bond motifs is 1. The summed E-state index contributed by atoms with van der Waals surface area (Å²) in [7, 11) is 0. The first-order chi connectivity index (χ1) is 11.8. The normalized spacial score (nSPS) is 10.8. The summed E-state index contributed by atoms with van der Waals surface area (Å²) in [5, 5.41) is 2.83. The molecule has 2 heterocycles. The molecule has 0 aliphatic rings. The van der Waals surface area contributed by atoms with E-state index in [4.69, 9.17) is 4.42 Å². The molecule has 5 heteroatoms. The number of carbonyl (C=O) groups is 1. The smallest absolute Gasteiger partial charge is 0.251 e. The molecule has 0 aliphatic heterocycles. The number of H-pyrrole nitrogens is 1. The van der Waals surface area contributed by atoms with Gasteiger partial charge in [0, 0.05) is 11.1 Å². The second kappa shape index (κ2) is 6.04. The highest BCUT2D eigenvalue weighted by Gasteiger charge is 2.08. The largest absolute Gasteiger partial charge is 0.467 e. The van der Waals surface area contributed by atoms with E-state index >= 15 is 0 Å². The van der Waals surface area contributed by atoms with Crippen molar-refractivity contribution in [2.24, 2.45) is 0 Å². The maximum atomic E-state index is 12.2. The number of para-hydroxylation sites is 2. The van der Waals surface area contributed by atoms with Gasteiger partial charge in [0.15, 0.2) is 0 Å². The van der Waals surface area contributed by atoms with Crippen molar-refractivity contribution >= 4 is 16.9 Å². The summed E-state index contributed by atoms with van der Waals surface area (Å²) in [6, 6.07) is 18.9. The van der Waals surface area contributed by atoms with E-state index in [9.17, 15) is 4.79 Å². The molecule has 0 unspecified atom stereocenters. The highest BCUT2D eigenvalue weighted by molar-refractivity contribution is 5.94. The number of nitrogens with one attached hydrogen (secondary N) is 2. The van der Waals surface area contributed by atoms with Crippen molar-refractivity contribution in [2.45, 2.75) is 6.54 Å².